The topological polar surface area (TPSA) is 64.6 Å². The third-order valence-electron chi connectivity index (χ3n) is 3.57. The molecule has 1 saturated heterocycles. The molecule has 20 heavy (non-hydrogen) atoms. The Hall–Kier alpha value is -1.11. The maximum absolute atomic E-state index is 12.3. The van der Waals surface area contributed by atoms with Gasteiger partial charge in [0.2, 0.25) is 10.0 Å². The maximum Gasteiger partial charge on any atom is 0.240 e. The van der Waals surface area contributed by atoms with E-state index in [1.807, 2.05) is 0 Å². The van der Waals surface area contributed by atoms with Crippen LogP contribution in [-0.2, 0) is 14.8 Å². The number of aryl methyl sites for hydroxylation is 1. The van der Waals surface area contributed by atoms with Crippen LogP contribution in [0.15, 0.2) is 23.1 Å². The molecule has 5 nitrogen and oxygen atoms in total. The largest absolute Gasteiger partial charge is 0.497 e. The number of nitrogens with one attached hydrogen (secondary N) is 1. The molecule has 0 unspecified atom stereocenters. The van der Waals surface area contributed by atoms with Crippen LogP contribution in [0.25, 0.3) is 0 Å². The van der Waals surface area contributed by atoms with E-state index >= 15 is 0 Å². The zero-order chi connectivity index (χ0) is 14.6. The van der Waals surface area contributed by atoms with Crippen molar-refractivity contribution in [1.29, 1.82) is 0 Å². The van der Waals surface area contributed by atoms with Gasteiger partial charge in [0.15, 0.2) is 0 Å². The highest BCUT2D eigenvalue weighted by atomic mass is 32.2. The summed E-state index contributed by atoms with van der Waals surface area (Å²) in [5.41, 5.74) is 0.684. The number of methoxy groups -OCH3 is 1. The van der Waals surface area contributed by atoms with Crippen molar-refractivity contribution in [3.63, 3.8) is 0 Å². The highest BCUT2D eigenvalue weighted by molar-refractivity contribution is 7.89. The minimum Gasteiger partial charge on any atom is -0.497 e. The predicted molar refractivity (Wildman–Crippen MR) is 76.5 cm³/mol. The third-order valence-corrected chi connectivity index (χ3v) is 5.16. The third kappa shape index (κ3) is 3.71. The summed E-state index contributed by atoms with van der Waals surface area (Å²) in [6, 6.07) is 4.97. The van der Waals surface area contributed by atoms with Gasteiger partial charge in [0.05, 0.1) is 12.0 Å². The summed E-state index contributed by atoms with van der Waals surface area (Å²) in [4.78, 5) is 0.311. The summed E-state index contributed by atoms with van der Waals surface area (Å²) < 4.78 is 37.7. The van der Waals surface area contributed by atoms with Gasteiger partial charge >= 0.3 is 0 Å². The van der Waals surface area contributed by atoms with Crippen LogP contribution in [0.4, 0.5) is 0 Å². The number of benzene rings is 1. The highest BCUT2D eigenvalue weighted by Gasteiger charge is 2.20. The van der Waals surface area contributed by atoms with E-state index in [0.29, 0.717) is 41.9 Å². The molecule has 0 spiro atoms. The number of rotatable bonds is 5. The summed E-state index contributed by atoms with van der Waals surface area (Å²) in [5, 5.41) is 0. The van der Waals surface area contributed by atoms with E-state index < -0.39 is 10.0 Å². The maximum atomic E-state index is 12.3. The van der Waals surface area contributed by atoms with Crippen molar-refractivity contribution in [3.05, 3.63) is 23.8 Å². The number of ether oxygens (including phenoxy) is 2. The van der Waals surface area contributed by atoms with E-state index in [0.717, 1.165) is 12.8 Å². The molecule has 1 aliphatic rings. The predicted octanol–water partition coefficient (Wildman–Crippen LogP) is 1.71. The van der Waals surface area contributed by atoms with Gasteiger partial charge in [-0.25, -0.2) is 13.1 Å². The lowest BCUT2D eigenvalue weighted by Gasteiger charge is -2.22. The van der Waals surface area contributed by atoms with Gasteiger partial charge < -0.3 is 9.47 Å². The summed E-state index contributed by atoms with van der Waals surface area (Å²) >= 11 is 0. The monoisotopic (exact) mass is 299 g/mol. The van der Waals surface area contributed by atoms with E-state index in [-0.39, 0.29) is 0 Å². The minimum atomic E-state index is -3.46. The van der Waals surface area contributed by atoms with Crippen molar-refractivity contribution in [2.75, 3.05) is 26.9 Å². The Kier molecular flexibility index (Phi) is 5.01. The molecule has 1 N–H and O–H groups in total. The van der Waals surface area contributed by atoms with Gasteiger partial charge in [0.25, 0.3) is 0 Å². The van der Waals surface area contributed by atoms with Crippen LogP contribution in [0.3, 0.4) is 0 Å². The van der Waals surface area contributed by atoms with Crippen LogP contribution in [-0.4, -0.2) is 35.3 Å². The van der Waals surface area contributed by atoms with Gasteiger partial charge in [0, 0.05) is 19.8 Å². The van der Waals surface area contributed by atoms with E-state index in [2.05, 4.69) is 4.72 Å². The van der Waals surface area contributed by atoms with Gasteiger partial charge in [-0.05, 0) is 49.4 Å². The van der Waals surface area contributed by atoms with Crippen LogP contribution in [0.1, 0.15) is 18.4 Å². The fourth-order valence-electron chi connectivity index (χ4n) is 2.31. The SMILES string of the molecule is COc1ccc(S(=O)(=O)NCC2CCOCC2)c(C)c1. The zero-order valence-electron chi connectivity index (χ0n) is 11.9. The first-order valence-corrected chi connectivity index (χ1v) is 8.23. The van der Waals surface area contributed by atoms with Crippen molar-refractivity contribution >= 4 is 10.0 Å². The lowest BCUT2D eigenvalue weighted by molar-refractivity contribution is 0.0678. The minimum absolute atomic E-state index is 0.311. The molecule has 1 heterocycles. The molecule has 0 bridgehead atoms. The van der Waals surface area contributed by atoms with Gasteiger partial charge in [-0.3, -0.25) is 0 Å². The molecular weight excluding hydrogens is 278 g/mol. The smallest absolute Gasteiger partial charge is 0.240 e. The first-order chi connectivity index (χ1) is 9.53. The number of sulfonamides is 1. The van der Waals surface area contributed by atoms with Crippen molar-refractivity contribution in [2.45, 2.75) is 24.7 Å². The lowest BCUT2D eigenvalue weighted by Crippen LogP contribution is -2.32. The summed E-state index contributed by atoms with van der Waals surface area (Å²) in [5.74, 6) is 1.02. The van der Waals surface area contributed by atoms with Gasteiger partial charge in [-0.1, -0.05) is 0 Å². The van der Waals surface area contributed by atoms with Crippen LogP contribution in [0.2, 0.25) is 0 Å². The molecule has 1 aromatic carbocycles. The van der Waals surface area contributed by atoms with E-state index in [1.54, 1.807) is 32.2 Å². The van der Waals surface area contributed by atoms with Crippen molar-refractivity contribution in [2.24, 2.45) is 5.92 Å². The Morgan fingerprint density at radius 2 is 2.05 bits per heavy atom. The summed E-state index contributed by atoms with van der Waals surface area (Å²) in [6.07, 6.45) is 1.81. The molecule has 1 aliphatic heterocycles. The van der Waals surface area contributed by atoms with Crippen LogP contribution < -0.4 is 9.46 Å². The summed E-state index contributed by atoms with van der Waals surface area (Å²) in [6.45, 7) is 3.67. The van der Waals surface area contributed by atoms with Crippen molar-refractivity contribution in [3.8, 4) is 5.75 Å². The Bertz CT molecular complexity index is 550. The Morgan fingerprint density at radius 3 is 2.65 bits per heavy atom. The molecule has 0 aliphatic carbocycles. The molecule has 1 fully saturated rings. The Balaban J connectivity index is 2.05. The van der Waals surface area contributed by atoms with Gasteiger partial charge in [0.1, 0.15) is 5.75 Å². The standard InChI is InChI=1S/C14H21NO4S/c1-11-9-13(18-2)3-4-14(11)20(16,17)15-10-12-5-7-19-8-6-12/h3-4,9,12,15H,5-8,10H2,1-2H3. The van der Waals surface area contributed by atoms with Crippen LogP contribution >= 0.6 is 0 Å². The molecule has 0 aromatic heterocycles. The average Bonchev–Trinajstić information content (AvgIpc) is 2.46. The molecule has 0 radical (unpaired) electrons. The number of hydrogen-bond acceptors (Lipinski definition) is 4. The summed E-state index contributed by atoms with van der Waals surface area (Å²) in [7, 11) is -1.90. The first kappa shape index (κ1) is 15.3. The molecule has 0 amide bonds. The quantitative estimate of drug-likeness (QED) is 0.899. The Morgan fingerprint density at radius 1 is 1.35 bits per heavy atom. The first-order valence-electron chi connectivity index (χ1n) is 6.75. The normalized spacial score (nSPS) is 17.1. The highest BCUT2D eigenvalue weighted by Crippen LogP contribution is 2.21. The molecule has 2 rings (SSSR count). The van der Waals surface area contributed by atoms with E-state index in [1.165, 1.54) is 0 Å². The van der Waals surface area contributed by atoms with E-state index in [4.69, 9.17) is 9.47 Å². The number of hydrogen-bond donors (Lipinski definition) is 1. The van der Waals surface area contributed by atoms with Gasteiger partial charge in [-0.2, -0.15) is 0 Å². The average molecular weight is 299 g/mol. The second kappa shape index (κ2) is 6.56. The van der Waals surface area contributed by atoms with Gasteiger partial charge in [-0.15, -0.1) is 0 Å². The molecular formula is C14H21NO4S. The molecule has 112 valence electrons. The van der Waals surface area contributed by atoms with Crippen LogP contribution in [0, 0.1) is 12.8 Å². The second-order valence-electron chi connectivity index (χ2n) is 5.04. The molecule has 0 saturated carbocycles. The van der Waals surface area contributed by atoms with Crippen molar-refractivity contribution < 1.29 is 17.9 Å². The van der Waals surface area contributed by atoms with Crippen LogP contribution in [0.5, 0.6) is 5.75 Å². The molecule has 1 aromatic rings. The van der Waals surface area contributed by atoms with Crippen molar-refractivity contribution in [1.82, 2.24) is 4.72 Å². The second-order valence-corrected chi connectivity index (χ2v) is 6.77. The lowest BCUT2D eigenvalue weighted by atomic mass is 10.0. The fourth-order valence-corrected chi connectivity index (χ4v) is 3.65. The fraction of sp³-hybridized carbons (Fsp3) is 0.571. The zero-order valence-corrected chi connectivity index (χ0v) is 12.7. The molecule has 6 heteroatoms. The molecule has 0 atom stereocenters. The van der Waals surface area contributed by atoms with E-state index in [9.17, 15) is 8.42 Å². The Labute approximate surface area is 120 Å².